The highest BCUT2D eigenvalue weighted by Crippen LogP contribution is 2.26. The zero-order chi connectivity index (χ0) is 13.1. The fourth-order valence-electron chi connectivity index (χ4n) is 1.63. The molecule has 0 fully saturated rings. The Balaban J connectivity index is 2.22. The lowest BCUT2D eigenvalue weighted by Crippen LogP contribution is -2.11. The van der Waals surface area contributed by atoms with Crippen molar-refractivity contribution in [1.29, 1.82) is 0 Å². The number of benzene rings is 1. The lowest BCUT2D eigenvalue weighted by molar-refractivity contribution is 0.0731. The monoisotopic (exact) mass is 246 g/mol. The molecule has 0 aliphatic carbocycles. The van der Waals surface area contributed by atoms with Gasteiger partial charge in [0.15, 0.2) is 11.5 Å². The molecule has 1 aromatic carbocycles. The maximum absolute atomic E-state index is 11.9. The Morgan fingerprint density at radius 2 is 2.11 bits per heavy atom. The highest BCUT2D eigenvalue weighted by Gasteiger charge is 2.16. The third kappa shape index (κ3) is 2.15. The number of ether oxygens (including phenoxy) is 1. The number of nitrogens with two attached hydrogens (primary N) is 1. The normalized spacial score (nSPS) is 10.3. The predicted octanol–water partition coefficient (Wildman–Crippen LogP) is 2.02. The second-order valence-corrected chi connectivity index (χ2v) is 3.76. The quantitative estimate of drug-likeness (QED) is 0.641. The van der Waals surface area contributed by atoms with Crippen molar-refractivity contribution in [3.05, 3.63) is 42.1 Å². The number of carbonyl (C=O) groups excluding carboxylic acids is 1. The zero-order valence-corrected chi connectivity index (χ0v) is 9.96. The van der Waals surface area contributed by atoms with E-state index in [1.807, 2.05) is 6.92 Å². The van der Waals surface area contributed by atoms with Gasteiger partial charge in [0.05, 0.1) is 0 Å². The Kier molecular flexibility index (Phi) is 3.23. The van der Waals surface area contributed by atoms with Gasteiger partial charge in [0, 0.05) is 12.7 Å². The molecule has 1 heterocycles. The molecule has 0 radical (unpaired) electrons. The minimum atomic E-state index is -0.582. The first kappa shape index (κ1) is 12.0. The second-order valence-electron chi connectivity index (χ2n) is 3.76. The maximum atomic E-state index is 11.9. The molecule has 2 rings (SSSR count). The minimum absolute atomic E-state index is 0.0839. The maximum Gasteiger partial charge on any atom is 0.347 e. The van der Waals surface area contributed by atoms with E-state index in [2.05, 4.69) is 0 Å². The molecule has 0 aliphatic heterocycles. The summed E-state index contributed by atoms with van der Waals surface area (Å²) in [7, 11) is 0. The van der Waals surface area contributed by atoms with E-state index < -0.39 is 5.97 Å². The van der Waals surface area contributed by atoms with Crippen LogP contribution in [0.1, 0.15) is 17.3 Å². The number of anilines is 1. The predicted molar refractivity (Wildman–Crippen MR) is 67.6 cm³/mol. The summed E-state index contributed by atoms with van der Waals surface area (Å²) in [5, 5.41) is 9.51. The third-order valence-electron chi connectivity index (χ3n) is 2.64. The van der Waals surface area contributed by atoms with Gasteiger partial charge in [-0.1, -0.05) is 12.1 Å². The highest BCUT2D eigenvalue weighted by molar-refractivity contribution is 5.96. The van der Waals surface area contributed by atoms with Crippen LogP contribution in [0.25, 0.3) is 0 Å². The molecule has 0 unspecified atom stereocenters. The average Bonchev–Trinajstić information content (AvgIpc) is 2.73. The fourth-order valence-corrected chi connectivity index (χ4v) is 1.63. The van der Waals surface area contributed by atoms with Crippen LogP contribution in [0.2, 0.25) is 0 Å². The standard InChI is InChI=1S/C13H14N2O3/c1-2-15-8-7-9(12(15)14)13(17)18-11-6-4-3-5-10(11)16/h3-8,16H,2,14H2,1H3. The molecule has 18 heavy (non-hydrogen) atoms. The van der Waals surface area contributed by atoms with Gasteiger partial charge in [-0.05, 0) is 25.1 Å². The molecule has 3 N–H and O–H groups in total. The van der Waals surface area contributed by atoms with Crippen LogP contribution < -0.4 is 10.5 Å². The molecule has 1 aromatic heterocycles. The number of nitrogen functional groups attached to an aromatic ring is 1. The van der Waals surface area contributed by atoms with Gasteiger partial charge in [0.2, 0.25) is 0 Å². The van der Waals surface area contributed by atoms with Crippen molar-refractivity contribution in [2.24, 2.45) is 0 Å². The van der Waals surface area contributed by atoms with E-state index in [0.717, 1.165) is 0 Å². The molecule has 0 aliphatic rings. The number of hydrogen-bond donors (Lipinski definition) is 2. The Morgan fingerprint density at radius 3 is 2.72 bits per heavy atom. The van der Waals surface area contributed by atoms with Crippen LogP contribution in [0, 0.1) is 0 Å². The molecule has 0 saturated carbocycles. The van der Waals surface area contributed by atoms with Gasteiger partial charge in [-0.15, -0.1) is 0 Å². The number of para-hydroxylation sites is 2. The molecular weight excluding hydrogens is 232 g/mol. The number of phenols is 1. The van der Waals surface area contributed by atoms with Gasteiger partial charge < -0.3 is 20.1 Å². The van der Waals surface area contributed by atoms with Crippen LogP contribution in [0.4, 0.5) is 5.82 Å². The van der Waals surface area contributed by atoms with Crippen molar-refractivity contribution in [1.82, 2.24) is 4.57 Å². The summed E-state index contributed by atoms with van der Waals surface area (Å²) in [4.78, 5) is 11.9. The number of carbonyl (C=O) groups is 1. The molecule has 0 spiro atoms. The first-order valence-electron chi connectivity index (χ1n) is 5.58. The number of aromatic hydroxyl groups is 1. The van der Waals surface area contributed by atoms with Crippen LogP contribution in [-0.2, 0) is 6.54 Å². The summed E-state index contributed by atoms with van der Waals surface area (Å²) in [6.45, 7) is 2.60. The minimum Gasteiger partial charge on any atom is -0.504 e. The van der Waals surface area contributed by atoms with Gasteiger partial charge in [-0.3, -0.25) is 0 Å². The van der Waals surface area contributed by atoms with Crippen LogP contribution >= 0.6 is 0 Å². The summed E-state index contributed by atoms with van der Waals surface area (Å²) in [5.41, 5.74) is 6.10. The number of nitrogens with zero attached hydrogens (tertiary/aromatic N) is 1. The van der Waals surface area contributed by atoms with Gasteiger partial charge >= 0.3 is 5.97 Å². The van der Waals surface area contributed by atoms with Crippen LogP contribution in [0.5, 0.6) is 11.5 Å². The van der Waals surface area contributed by atoms with E-state index in [1.54, 1.807) is 29.0 Å². The van der Waals surface area contributed by atoms with Crippen molar-refractivity contribution in [3.63, 3.8) is 0 Å². The molecule has 5 nitrogen and oxygen atoms in total. The summed E-state index contributed by atoms with van der Waals surface area (Å²) < 4.78 is 6.83. The van der Waals surface area contributed by atoms with Gasteiger partial charge in [0.25, 0.3) is 0 Å². The second kappa shape index (κ2) is 4.83. The van der Waals surface area contributed by atoms with Gasteiger partial charge in [-0.25, -0.2) is 4.79 Å². The van der Waals surface area contributed by atoms with Crippen molar-refractivity contribution in [2.75, 3.05) is 5.73 Å². The van der Waals surface area contributed by atoms with Crippen molar-refractivity contribution in [2.45, 2.75) is 13.5 Å². The van der Waals surface area contributed by atoms with E-state index in [1.165, 1.54) is 12.1 Å². The molecule has 94 valence electrons. The van der Waals surface area contributed by atoms with Gasteiger partial charge in [-0.2, -0.15) is 0 Å². The number of aromatic nitrogens is 1. The number of hydrogen-bond acceptors (Lipinski definition) is 4. The summed E-state index contributed by atoms with van der Waals surface area (Å²) in [6, 6.07) is 7.88. The first-order chi connectivity index (χ1) is 8.63. The smallest absolute Gasteiger partial charge is 0.347 e. The Hall–Kier alpha value is -2.43. The number of esters is 1. The van der Waals surface area contributed by atoms with Gasteiger partial charge in [0.1, 0.15) is 11.4 Å². The van der Waals surface area contributed by atoms with E-state index >= 15 is 0 Å². The average molecular weight is 246 g/mol. The SMILES string of the molecule is CCn1ccc(C(=O)Oc2ccccc2O)c1N. The molecular formula is C13H14N2O3. The topological polar surface area (TPSA) is 77.5 Å². The summed E-state index contributed by atoms with van der Waals surface area (Å²) in [6.07, 6.45) is 1.72. The molecule has 0 atom stereocenters. The summed E-state index contributed by atoms with van der Waals surface area (Å²) in [5.74, 6) is -0.190. The lowest BCUT2D eigenvalue weighted by Gasteiger charge is -2.06. The first-order valence-corrected chi connectivity index (χ1v) is 5.58. The highest BCUT2D eigenvalue weighted by atomic mass is 16.5. The van der Waals surface area contributed by atoms with Crippen molar-refractivity contribution in [3.8, 4) is 11.5 Å². The van der Waals surface area contributed by atoms with Crippen molar-refractivity contribution < 1.29 is 14.6 Å². The molecule has 2 aromatic rings. The summed E-state index contributed by atoms with van der Waals surface area (Å²) >= 11 is 0. The Bertz CT molecular complexity index is 575. The van der Waals surface area contributed by atoms with Crippen LogP contribution in [0.3, 0.4) is 0 Å². The molecule has 5 heteroatoms. The van der Waals surface area contributed by atoms with E-state index in [4.69, 9.17) is 10.5 Å². The van der Waals surface area contributed by atoms with E-state index in [-0.39, 0.29) is 11.5 Å². The zero-order valence-electron chi connectivity index (χ0n) is 9.96. The van der Waals surface area contributed by atoms with E-state index in [9.17, 15) is 9.90 Å². The Labute approximate surface area is 104 Å². The molecule has 0 bridgehead atoms. The van der Waals surface area contributed by atoms with Crippen LogP contribution in [0.15, 0.2) is 36.5 Å². The van der Waals surface area contributed by atoms with Crippen molar-refractivity contribution >= 4 is 11.8 Å². The molecule has 0 saturated heterocycles. The lowest BCUT2D eigenvalue weighted by atomic mass is 10.3. The molecule has 0 amide bonds. The third-order valence-corrected chi connectivity index (χ3v) is 2.64. The number of rotatable bonds is 3. The van der Waals surface area contributed by atoms with E-state index in [0.29, 0.717) is 17.9 Å². The van der Waals surface area contributed by atoms with Crippen LogP contribution in [-0.4, -0.2) is 15.6 Å². The Morgan fingerprint density at radius 1 is 1.39 bits per heavy atom. The fraction of sp³-hybridized carbons (Fsp3) is 0.154. The largest absolute Gasteiger partial charge is 0.504 e. The number of aryl methyl sites for hydroxylation is 1. The number of phenolic OH excluding ortho intramolecular Hbond substituents is 1.